The summed E-state index contributed by atoms with van der Waals surface area (Å²) in [6.07, 6.45) is 0. The van der Waals surface area contributed by atoms with Gasteiger partial charge in [-0.1, -0.05) is 18.2 Å². The molecule has 9 nitrogen and oxygen atoms in total. The Balaban J connectivity index is 1.43. The Hall–Kier alpha value is -4.18. The molecule has 2 aromatic carbocycles. The maximum atomic E-state index is 12.4. The highest BCUT2D eigenvalue weighted by atomic mass is 32.1. The average molecular weight is 468 g/mol. The molecule has 0 spiro atoms. The number of hydrogen-bond donors (Lipinski definition) is 3. The van der Waals surface area contributed by atoms with Gasteiger partial charge < -0.3 is 25.4 Å². The number of carbonyl (C=O) groups is 4. The molecule has 33 heavy (non-hydrogen) atoms. The Morgan fingerprint density at radius 3 is 2.33 bits per heavy atom. The number of thiophene rings is 1. The molecule has 0 radical (unpaired) electrons. The minimum atomic E-state index is -0.738. The number of anilines is 2. The van der Waals surface area contributed by atoms with Gasteiger partial charge in [0.1, 0.15) is 12.3 Å². The van der Waals surface area contributed by atoms with Crippen LogP contribution in [0.3, 0.4) is 0 Å². The number of benzene rings is 2. The van der Waals surface area contributed by atoms with Gasteiger partial charge in [0.25, 0.3) is 17.7 Å². The molecule has 1 aromatic heterocycles. The number of rotatable bonds is 9. The molecule has 1 heterocycles. The van der Waals surface area contributed by atoms with Gasteiger partial charge in [-0.2, -0.15) is 0 Å². The van der Waals surface area contributed by atoms with Crippen LogP contribution >= 0.6 is 11.3 Å². The van der Waals surface area contributed by atoms with E-state index in [9.17, 15) is 19.2 Å². The number of amides is 3. The van der Waals surface area contributed by atoms with Crippen molar-refractivity contribution in [3.8, 4) is 5.75 Å². The normalized spacial score (nSPS) is 10.1. The van der Waals surface area contributed by atoms with Crippen molar-refractivity contribution in [2.75, 3.05) is 30.9 Å². The highest BCUT2D eigenvalue weighted by Crippen LogP contribution is 2.23. The van der Waals surface area contributed by atoms with Gasteiger partial charge in [-0.25, -0.2) is 0 Å². The Morgan fingerprint density at radius 2 is 1.64 bits per heavy atom. The highest BCUT2D eigenvalue weighted by Gasteiger charge is 2.13. The molecule has 0 fully saturated rings. The number of ether oxygens (including phenoxy) is 2. The van der Waals surface area contributed by atoms with Gasteiger partial charge in [0.05, 0.1) is 17.7 Å². The summed E-state index contributed by atoms with van der Waals surface area (Å²) in [4.78, 5) is 48.4. The van der Waals surface area contributed by atoms with Gasteiger partial charge in [-0.3, -0.25) is 19.2 Å². The zero-order chi connectivity index (χ0) is 23.6. The van der Waals surface area contributed by atoms with Gasteiger partial charge in [0, 0.05) is 11.3 Å². The van der Waals surface area contributed by atoms with Crippen LogP contribution in [0.25, 0.3) is 0 Å². The van der Waals surface area contributed by atoms with Gasteiger partial charge in [0.2, 0.25) is 0 Å². The highest BCUT2D eigenvalue weighted by molar-refractivity contribution is 7.12. The van der Waals surface area contributed by atoms with Crippen LogP contribution in [0.2, 0.25) is 0 Å². The summed E-state index contributed by atoms with van der Waals surface area (Å²) in [5.41, 5.74) is 1.35. The van der Waals surface area contributed by atoms with E-state index < -0.39 is 18.5 Å². The van der Waals surface area contributed by atoms with Gasteiger partial charge in [0.15, 0.2) is 6.61 Å². The van der Waals surface area contributed by atoms with E-state index in [4.69, 9.17) is 9.47 Å². The zero-order valence-electron chi connectivity index (χ0n) is 17.6. The van der Waals surface area contributed by atoms with E-state index in [2.05, 4.69) is 16.0 Å². The van der Waals surface area contributed by atoms with Crippen LogP contribution in [-0.2, 0) is 14.3 Å². The molecule has 0 aliphatic rings. The van der Waals surface area contributed by atoms with Gasteiger partial charge in [-0.05, 0) is 47.8 Å². The Labute approximate surface area is 193 Å². The van der Waals surface area contributed by atoms with Crippen molar-refractivity contribution in [1.29, 1.82) is 0 Å². The largest absolute Gasteiger partial charge is 0.495 e. The van der Waals surface area contributed by atoms with E-state index >= 15 is 0 Å². The Bertz CT molecular complexity index is 1130. The molecule has 0 atom stereocenters. The number of methoxy groups -OCH3 is 1. The van der Waals surface area contributed by atoms with Crippen molar-refractivity contribution in [2.24, 2.45) is 0 Å². The van der Waals surface area contributed by atoms with Crippen LogP contribution in [-0.4, -0.2) is 44.0 Å². The summed E-state index contributed by atoms with van der Waals surface area (Å²) in [6, 6.07) is 16.6. The monoisotopic (exact) mass is 467 g/mol. The third kappa shape index (κ3) is 6.91. The SMILES string of the molecule is COc1ccccc1NC(=O)c1ccc(NC(=O)COC(=O)CNC(=O)c2cccs2)cc1. The molecule has 3 N–H and O–H groups in total. The lowest BCUT2D eigenvalue weighted by Gasteiger charge is -2.10. The van der Waals surface area contributed by atoms with Gasteiger partial charge in [-0.15, -0.1) is 11.3 Å². The lowest BCUT2D eigenvalue weighted by Crippen LogP contribution is -2.31. The quantitative estimate of drug-likeness (QED) is 0.416. The van der Waals surface area contributed by atoms with Crippen LogP contribution in [0.5, 0.6) is 5.75 Å². The van der Waals surface area contributed by atoms with Crippen molar-refractivity contribution in [3.05, 3.63) is 76.5 Å². The molecule has 0 aliphatic heterocycles. The molecule has 3 amide bonds. The molecular weight excluding hydrogens is 446 g/mol. The predicted molar refractivity (Wildman–Crippen MR) is 124 cm³/mol. The molecular formula is C23H21N3O6S. The summed E-state index contributed by atoms with van der Waals surface area (Å²) in [7, 11) is 1.51. The third-order valence-corrected chi connectivity index (χ3v) is 5.16. The summed E-state index contributed by atoms with van der Waals surface area (Å²) in [5.74, 6) is -1.48. The number of nitrogens with one attached hydrogen (secondary N) is 3. The summed E-state index contributed by atoms with van der Waals surface area (Å²) < 4.78 is 10.1. The number of para-hydroxylation sites is 2. The maximum Gasteiger partial charge on any atom is 0.325 e. The van der Waals surface area contributed by atoms with Crippen molar-refractivity contribution >= 4 is 46.4 Å². The first kappa shape index (κ1) is 23.5. The molecule has 0 unspecified atom stereocenters. The topological polar surface area (TPSA) is 123 Å². The fraction of sp³-hybridized carbons (Fsp3) is 0.130. The first-order valence-electron chi connectivity index (χ1n) is 9.78. The van der Waals surface area contributed by atoms with E-state index in [0.29, 0.717) is 27.6 Å². The standard InChI is InChI=1S/C23H21N3O6S/c1-31-18-6-3-2-5-17(18)26-22(29)15-8-10-16(11-9-15)25-20(27)14-32-21(28)13-24-23(30)19-7-4-12-33-19/h2-12H,13-14H2,1H3,(H,24,30)(H,25,27)(H,26,29). The van der Waals surface area contributed by atoms with Crippen LogP contribution in [0.15, 0.2) is 66.0 Å². The molecule has 0 saturated heterocycles. The number of carbonyl (C=O) groups excluding carboxylic acids is 4. The lowest BCUT2D eigenvalue weighted by molar-refractivity contribution is -0.146. The van der Waals surface area contributed by atoms with Crippen LogP contribution in [0, 0.1) is 0 Å². The molecule has 0 saturated carbocycles. The molecule has 0 aliphatic carbocycles. The van der Waals surface area contributed by atoms with Crippen molar-refractivity contribution in [1.82, 2.24) is 5.32 Å². The van der Waals surface area contributed by atoms with Crippen LogP contribution < -0.4 is 20.7 Å². The fourth-order valence-corrected chi connectivity index (χ4v) is 3.33. The molecule has 3 rings (SSSR count). The molecule has 0 bridgehead atoms. The van der Waals surface area contributed by atoms with E-state index in [1.54, 1.807) is 66.0 Å². The summed E-state index contributed by atoms with van der Waals surface area (Å²) in [5, 5.41) is 9.49. The third-order valence-electron chi connectivity index (χ3n) is 4.29. The van der Waals surface area contributed by atoms with Crippen LogP contribution in [0.1, 0.15) is 20.0 Å². The summed E-state index contributed by atoms with van der Waals surface area (Å²) >= 11 is 1.25. The van der Waals surface area contributed by atoms with E-state index in [-0.39, 0.29) is 18.4 Å². The number of esters is 1. The van der Waals surface area contributed by atoms with Gasteiger partial charge >= 0.3 is 5.97 Å². The van der Waals surface area contributed by atoms with Crippen LogP contribution in [0.4, 0.5) is 11.4 Å². The molecule has 3 aromatic rings. The second-order valence-corrected chi connectivity index (χ2v) is 7.55. The minimum absolute atomic E-state index is 0.337. The summed E-state index contributed by atoms with van der Waals surface area (Å²) in [6.45, 7) is -0.857. The maximum absolute atomic E-state index is 12.4. The van der Waals surface area contributed by atoms with Crippen molar-refractivity contribution < 1.29 is 28.7 Å². The van der Waals surface area contributed by atoms with Crippen molar-refractivity contribution in [2.45, 2.75) is 0 Å². The first-order chi connectivity index (χ1) is 16.0. The average Bonchev–Trinajstić information content (AvgIpc) is 3.37. The zero-order valence-corrected chi connectivity index (χ0v) is 18.4. The second kappa shape index (κ2) is 11.4. The number of hydrogen-bond acceptors (Lipinski definition) is 7. The molecule has 10 heteroatoms. The van der Waals surface area contributed by atoms with E-state index in [0.717, 1.165) is 0 Å². The smallest absolute Gasteiger partial charge is 0.325 e. The fourth-order valence-electron chi connectivity index (χ4n) is 2.69. The predicted octanol–water partition coefficient (Wildman–Crippen LogP) is 2.92. The Morgan fingerprint density at radius 1 is 0.879 bits per heavy atom. The van der Waals surface area contributed by atoms with Crippen molar-refractivity contribution in [3.63, 3.8) is 0 Å². The second-order valence-electron chi connectivity index (χ2n) is 6.60. The Kier molecular flexibility index (Phi) is 8.14. The van der Waals surface area contributed by atoms with E-state index in [1.165, 1.54) is 18.4 Å². The lowest BCUT2D eigenvalue weighted by atomic mass is 10.2. The minimum Gasteiger partial charge on any atom is -0.495 e. The van der Waals surface area contributed by atoms with E-state index in [1.807, 2.05) is 0 Å². The molecule has 170 valence electrons. The first-order valence-corrected chi connectivity index (χ1v) is 10.7.